The Labute approximate surface area is 122 Å². The Morgan fingerprint density at radius 1 is 1.15 bits per heavy atom. The van der Waals surface area contributed by atoms with E-state index in [4.69, 9.17) is 22.7 Å². The Bertz CT molecular complexity index is 642. The van der Waals surface area contributed by atoms with Crippen LogP contribution in [0.25, 0.3) is 0 Å². The maximum Gasteiger partial charge on any atom is 0.255 e. The van der Waals surface area contributed by atoms with Crippen molar-refractivity contribution in [1.29, 1.82) is 0 Å². The zero-order chi connectivity index (χ0) is 14.5. The second-order valence-electron chi connectivity index (χ2n) is 4.10. The molecule has 0 aliphatic rings. The first kappa shape index (κ1) is 14.0. The van der Waals surface area contributed by atoms with Gasteiger partial charge in [0.05, 0.1) is 12.8 Å². The highest BCUT2D eigenvalue weighted by Gasteiger charge is 2.10. The van der Waals surface area contributed by atoms with Gasteiger partial charge in [0.25, 0.3) is 5.91 Å². The summed E-state index contributed by atoms with van der Waals surface area (Å²) in [6.07, 6.45) is 0. The van der Waals surface area contributed by atoms with Gasteiger partial charge in [0.2, 0.25) is 0 Å². The standard InChI is InChI=1S/C15H14N2O2S/c1-19-13-9-11(14(16)20)7-8-12(13)17-15(18)10-5-3-2-4-6-10/h2-9H,1H3,(H2,16,20)(H,17,18). The molecule has 5 heteroatoms. The summed E-state index contributed by atoms with van der Waals surface area (Å²) in [5.74, 6) is 0.312. The van der Waals surface area contributed by atoms with Gasteiger partial charge in [0, 0.05) is 11.1 Å². The first-order chi connectivity index (χ1) is 9.61. The van der Waals surface area contributed by atoms with Gasteiger partial charge in [-0.15, -0.1) is 0 Å². The van der Waals surface area contributed by atoms with Gasteiger partial charge in [-0.3, -0.25) is 4.79 Å². The SMILES string of the molecule is COc1cc(C(N)=S)ccc1NC(=O)c1ccccc1. The lowest BCUT2D eigenvalue weighted by Crippen LogP contribution is -2.14. The summed E-state index contributed by atoms with van der Waals surface area (Å²) in [7, 11) is 1.52. The van der Waals surface area contributed by atoms with Gasteiger partial charge in [-0.1, -0.05) is 30.4 Å². The molecule has 1 amide bonds. The number of hydrogen-bond donors (Lipinski definition) is 2. The molecule has 0 saturated heterocycles. The van der Waals surface area contributed by atoms with Gasteiger partial charge in [-0.05, 0) is 30.3 Å². The van der Waals surface area contributed by atoms with Crippen LogP contribution in [-0.4, -0.2) is 18.0 Å². The predicted octanol–water partition coefficient (Wildman–Crippen LogP) is 2.58. The van der Waals surface area contributed by atoms with E-state index in [1.807, 2.05) is 18.2 Å². The molecule has 0 aliphatic heterocycles. The minimum Gasteiger partial charge on any atom is -0.495 e. The van der Waals surface area contributed by atoms with Crippen LogP contribution < -0.4 is 15.8 Å². The molecule has 2 rings (SSSR count). The average Bonchev–Trinajstić information content (AvgIpc) is 2.48. The van der Waals surface area contributed by atoms with E-state index in [2.05, 4.69) is 5.32 Å². The monoisotopic (exact) mass is 286 g/mol. The summed E-state index contributed by atoms with van der Waals surface area (Å²) < 4.78 is 5.24. The van der Waals surface area contributed by atoms with Crippen LogP contribution in [0.5, 0.6) is 5.75 Å². The Hall–Kier alpha value is -2.40. The second-order valence-corrected chi connectivity index (χ2v) is 4.54. The van der Waals surface area contributed by atoms with Gasteiger partial charge in [0.15, 0.2) is 0 Å². The number of nitrogens with one attached hydrogen (secondary N) is 1. The fraction of sp³-hybridized carbons (Fsp3) is 0.0667. The van der Waals surface area contributed by atoms with Gasteiger partial charge in [-0.25, -0.2) is 0 Å². The van der Waals surface area contributed by atoms with E-state index in [9.17, 15) is 4.79 Å². The van der Waals surface area contributed by atoms with Crippen LogP contribution in [0.2, 0.25) is 0 Å². The highest BCUT2D eigenvalue weighted by atomic mass is 32.1. The molecule has 0 radical (unpaired) electrons. The van der Waals surface area contributed by atoms with E-state index in [-0.39, 0.29) is 10.9 Å². The summed E-state index contributed by atoms with van der Waals surface area (Å²) >= 11 is 4.91. The Kier molecular flexibility index (Phi) is 4.32. The number of rotatable bonds is 4. The zero-order valence-corrected chi connectivity index (χ0v) is 11.7. The van der Waals surface area contributed by atoms with E-state index in [1.54, 1.807) is 30.3 Å². The molecular formula is C15H14N2O2S. The minimum atomic E-state index is -0.202. The summed E-state index contributed by atoms with van der Waals surface area (Å²) in [4.78, 5) is 12.4. The highest BCUT2D eigenvalue weighted by Crippen LogP contribution is 2.26. The smallest absolute Gasteiger partial charge is 0.255 e. The maximum absolute atomic E-state index is 12.1. The van der Waals surface area contributed by atoms with Crippen molar-refractivity contribution in [2.75, 3.05) is 12.4 Å². The third kappa shape index (κ3) is 3.13. The molecule has 102 valence electrons. The number of ether oxygens (including phenoxy) is 1. The van der Waals surface area contributed by atoms with Crippen LogP contribution in [0.4, 0.5) is 5.69 Å². The van der Waals surface area contributed by atoms with Crippen molar-refractivity contribution in [3.8, 4) is 5.75 Å². The van der Waals surface area contributed by atoms with Crippen molar-refractivity contribution in [3.05, 3.63) is 59.7 Å². The number of methoxy groups -OCH3 is 1. The lowest BCUT2D eigenvalue weighted by atomic mass is 10.1. The van der Waals surface area contributed by atoms with Crippen molar-refractivity contribution in [2.24, 2.45) is 5.73 Å². The van der Waals surface area contributed by atoms with Gasteiger partial charge in [0.1, 0.15) is 10.7 Å². The summed E-state index contributed by atoms with van der Waals surface area (Å²) in [5.41, 5.74) is 7.41. The molecule has 3 N–H and O–H groups in total. The van der Waals surface area contributed by atoms with Crippen LogP contribution in [-0.2, 0) is 0 Å². The fourth-order valence-electron chi connectivity index (χ4n) is 1.73. The second kappa shape index (κ2) is 6.16. The van der Waals surface area contributed by atoms with Crippen LogP contribution in [0.1, 0.15) is 15.9 Å². The molecule has 0 aromatic heterocycles. The molecule has 0 saturated carbocycles. The minimum absolute atomic E-state index is 0.202. The Morgan fingerprint density at radius 2 is 1.85 bits per heavy atom. The summed E-state index contributed by atoms with van der Waals surface area (Å²) in [6.45, 7) is 0. The fourth-order valence-corrected chi connectivity index (χ4v) is 1.86. The Morgan fingerprint density at radius 3 is 2.45 bits per heavy atom. The third-order valence-electron chi connectivity index (χ3n) is 2.77. The lowest BCUT2D eigenvalue weighted by molar-refractivity contribution is 0.102. The molecule has 0 spiro atoms. The van der Waals surface area contributed by atoms with E-state index in [0.717, 1.165) is 0 Å². The molecule has 2 aromatic carbocycles. The number of carbonyl (C=O) groups is 1. The zero-order valence-electron chi connectivity index (χ0n) is 10.9. The number of amides is 1. The quantitative estimate of drug-likeness (QED) is 0.848. The normalized spacial score (nSPS) is 9.85. The average molecular weight is 286 g/mol. The molecule has 0 fully saturated rings. The van der Waals surface area contributed by atoms with Gasteiger partial charge >= 0.3 is 0 Å². The number of hydrogen-bond acceptors (Lipinski definition) is 3. The topological polar surface area (TPSA) is 64.3 Å². The third-order valence-corrected chi connectivity index (χ3v) is 3.01. The first-order valence-electron chi connectivity index (χ1n) is 5.96. The van der Waals surface area contributed by atoms with Crippen LogP contribution in [0.15, 0.2) is 48.5 Å². The molecule has 0 aliphatic carbocycles. The lowest BCUT2D eigenvalue weighted by Gasteiger charge is -2.11. The van der Waals surface area contributed by atoms with Crippen molar-refractivity contribution < 1.29 is 9.53 Å². The summed E-state index contributed by atoms with van der Waals surface area (Å²) in [5, 5.41) is 2.80. The van der Waals surface area contributed by atoms with Crippen molar-refractivity contribution >= 4 is 28.8 Å². The highest BCUT2D eigenvalue weighted by molar-refractivity contribution is 7.80. The number of carbonyl (C=O) groups excluding carboxylic acids is 1. The van der Waals surface area contributed by atoms with E-state index >= 15 is 0 Å². The van der Waals surface area contributed by atoms with Gasteiger partial charge < -0.3 is 15.8 Å². The first-order valence-corrected chi connectivity index (χ1v) is 6.37. The number of nitrogens with two attached hydrogens (primary N) is 1. The molecule has 0 atom stereocenters. The van der Waals surface area contributed by atoms with Crippen LogP contribution in [0.3, 0.4) is 0 Å². The molecule has 0 heterocycles. The molecular weight excluding hydrogens is 272 g/mol. The molecule has 20 heavy (non-hydrogen) atoms. The predicted molar refractivity (Wildman–Crippen MR) is 83.3 cm³/mol. The molecule has 2 aromatic rings. The van der Waals surface area contributed by atoms with Crippen molar-refractivity contribution in [3.63, 3.8) is 0 Å². The van der Waals surface area contributed by atoms with E-state index in [1.165, 1.54) is 7.11 Å². The molecule has 4 nitrogen and oxygen atoms in total. The van der Waals surface area contributed by atoms with Crippen molar-refractivity contribution in [2.45, 2.75) is 0 Å². The largest absolute Gasteiger partial charge is 0.495 e. The van der Waals surface area contributed by atoms with Crippen molar-refractivity contribution in [1.82, 2.24) is 0 Å². The van der Waals surface area contributed by atoms with Gasteiger partial charge in [-0.2, -0.15) is 0 Å². The number of benzene rings is 2. The number of anilines is 1. The summed E-state index contributed by atoms with van der Waals surface area (Å²) in [6, 6.07) is 14.1. The number of thiocarbonyl (C=S) groups is 1. The van der Waals surface area contributed by atoms with Crippen LogP contribution in [0, 0.1) is 0 Å². The van der Waals surface area contributed by atoms with E-state index < -0.39 is 0 Å². The molecule has 0 bridgehead atoms. The van der Waals surface area contributed by atoms with Crippen LogP contribution >= 0.6 is 12.2 Å². The Balaban J connectivity index is 2.25. The maximum atomic E-state index is 12.1. The van der Waals surface area contributed by atoms with E-state index in [0.29, 0.717) is 22.6 Å². The molecule has 0 unspecified atom stereocenters.